The maximum Gasteiger partial charge on any atom is 0.0761 e. The fourth-order valence-corrected chi connectivity index (χ4v) is 2.35. The van der Waals surface area contributed by atoms with Gasteiger partial charge in [-0.15, -0.1) is 0 Å². The van der Waals surface area contributed by atoms with E-state index in [2.05, 4.69) is 10.3 Å². The minimum atomic E-state index is -0.666. The molecule has 0 amide bonds. The molecular weight excluding hydrogens is 276 g/mol. The number of aliphatic hydroxyl groups excluding tert-OH is 2. The summed E-state index contributed by atoms with van der Waals surface area (Å²) in [4.78, 5) is 4.37. The van der Waals surface area contributed by atoms with Crippen molar-refractivity contribution in [1.29, 1.82) is 0 Å². The van der Waals surface area contributed by atoms with E-state index in [1.807, 2.05) is 31.2 Å². The Hall–Kier alpha value is -1.20. The Morgan fingerprint density at radius 3 is 2.65 bits per heavy atom. The first-order valence-corrected chi connectivity index (χ1v) is 7.02. The van der Waals surface area contributed by atoms with E-state index in [9.17, 15) is 10.2 Å². The standard InChI is InChI=1S/C15H19ClN2O2/c1-2-15(9-19,10-20)18-8-11-5-6-13(16)12-4-3-7-17-14(11)12/h3-7,18-20H,2,8-10H2,1H3. The van der Waals surface area contributed by atoms with Crippen LogP contribution in [0.15, 0.2) is 30.5 Å². The number of fused-ring (bicyclic) bond motifs is 1. The topological polar surface area (TPSA) is 65.4 Å². The Labute approximate surface area is 123 Å². The first-order valence-electron chi connectivity index (χ1n) is 6.64. The smallest absolute Gasteiger partial charge is 0.0761 e. The number of rotatable bonds is 6. The zero-order valence-corrected chi connectivity index (χ0v) is 12.2. The van der Waals surface area contributed by atoms with Crippen LogP contribution in [0, 0.1) is 0 Å². The summed E-state index contributed by atoms with van der Waals surface area (Å²) in [5.41, 5.74) is 1.17. The SMILES string of the molecule is CCC(CO)(CO)NCc1ccc(Cl)c2cccnc12. The number of hydrogen-bond acceptors (Lipinski definition) is 4. The Morgan fingerprint density at radius 1 is 1.25 bits per heavy atom. The highest BCUT2D eigenvalue weighted by Crippen LogP contribution is 2.25. The summed E-state index contributed by atoms with van der Waals surface area (Å²) in [5, 5.41) is 23.7. The molecular formula is C15H19ClN2O2. The number of halogens is 1. The van der Waals surface area contributed by atoms with Gasteiger partial charge in [0.1, 0.15) is 0 Å². The lowest BCUT2D eigenvalue weighted by Crippen LogP contribution is -2.50. The average Bonchev–Trinajstić information content (AvgIpc) is 2.51. The van der Waals surface area contributed by atoms with Gasteiger partial charge < -0.3 is 15.5 Å². The second kappa shape index (κ2) is 6.50. The van der Waals surface area contributed by atoms with Gasteiger partial charge in [0.15, 0.2) is 0 Å². The van der Waals surface area contributed by atoms with E-state index in [1.165, 1.54) is 0 Å². The molecule has 0 bridgehead atoms. The van der Waals surface area contributed by atoms with Crippen LogP contribution in [0.3, 0.4) is 0 Å². The Morgan fingerprint density at radius 2 is 2.00 bits per heavy atom. The second-order valence-corrected chi connectivity index (χ2v) is 5.32. The minimum Gasteiger partial charge on any atom is -0.394 e. The van der Waals surface area contributed by atoms with Crippen molar-refractivity contribution in [2.24, 2.45) is 0 Å². The summed E-state index contributed by atoms with van der Waals surface area (Å²) in [6.45, 7) is 2.22. The van der Waals surface area contributed by atoms with Crippen LogP contribution in [0.2, 0.25) is 5.02 Å². The first-order chi connectivity index (χ1) is 9.65. The molecule has 0 saturated carbocycles. The van der Waals surface area contributed by atoms with Gasteiger partial charge in [-0.3, -0.25) is 4.98 Å². The normalized spacial score (nSPS) is 12.0. The van der Waals surface area contributed by atoms with Crippen LogP contribution in [-0.4, -0.2) is 33.9 Å². The van der Waals surface area contributed by atoms with Gasteiger partial charge in [0.25, 0.3) is 0 Å². The van der Waals surface area contributed by atoms with E-state index >= 15 is 0 Å². The van der Waals surface area contributed by atoms with Gasteiger partial charge in [-0.2, -0.15) is 0 Å². The number of aliphatic hydroxyl groups is 2. The lowest BCUT2D eigenvalue weighted by atomic mass is 9.97. The number of pyridine rings is 1. The third kappa shape index (κ3) is 2.94. The van der Waals surface area contributed by atoms with Crippen molar-refractivity contribution in [2.45, 2.75) is 25.4 Å². The molecule has 0 fully saturated rings. The molecule has 0 atom stereocenters. The van der Waals surface area contributed by atoms with E-state index in [0.717, 1.165) is 16.5 Å². The maximum absolute atomic E-state index is 9.45. The van der Waals surface area contributed by atoms with Crippen LogP contribution in [0.1, 0.15) is 18.9 Å². The van der Waals surface area contributed by atoms with E-state index in [1.54, 1.807) is 6.20 Å². The Balaban J connectivity index is 2.29. The number of aromatic nitrogens is 1. The van der Waals surface area contributed by atoms with Crippen LogP contribution in [0.5, 0.6) is 0 Å². The third-order valence-corrected chi connectivity index (χ3v) is 4.07. The number of nitrogens with one attached hydrogen (secondary N) is 1. The molecule has 20 heavy (non-hydrogen) atoms. The van der Waals surface area contributed by atoms with Gasteiger partial charge in [-0.1, -0.05) is 24.6 Å². The summed E-state index contributed by atoms with van der Waals surface area (Å²) in [6.07, 6.45) is 2.37. The lowest BCUT2D eigenvalue weighted by molar-refractivity contribution is 0.0865. The van der Waals surface area contributed by atoms with Crippen LogP contribution in [-0.2, 0) is 6.54 Å². The molecule has 0 unspecified atom stereocenters. The van der Waals surface area contributed by atoms with Crippen molar-refractivity contribution in [3.63, 3.8) is 0 Å². The molecule has 0 aliphatic carbocycles. The molecule has 4 nitrogen and oxygen atoms in total. The number of hydrogen-bond donors (Lipinski definition) is 3. The maximum atomic E-state index is 9.45. The van der Waals surface area contributed by atoms with Gasteiger partial charge in [-0.05, 0) is 30.2 Å². The molecule has 108 valence electrons. The first kappa shape index (κ1) is 15.2. The zero-order valence-electron chi connectivity index (χ0n) is 11.4. The van der Waals surface area contributed by atoms with Gasteiger partial charge in [0, 0.05) is 23.2 Å². The predicted molar refractivity (Wildman–Crippen MR) is 80.8 cm³/mol. The van der Waals surface area contributed by atoms with Crippen molar-refractivity contribution < 1.29 is 10.2 Å². The fourth-order valence-electron chi connectivity index (χ4n) is 2.13. The van der Waals surface area contributed by atoms with E-state index in [-0.39, 0.29) is 13.2 Å². The molecule has 1 aromatic carbocycles. The second-order valence-electron chi connectivity index (χ2n) is 4.91. The molecule has 0 aliphatic rings. The van der Waals surface area contributed by atoms with Crippen LogP contribution in [0.4, 0.5) is 0 Å². The summed E-state index contributed by atoms with van der Waals surface area (Å²) in [5.74, 6) is 0. The van der Waals surface area contributed by atoms with Crippen LogP contribution in [0.25, 0.3) is 10.9 Å². The van der Waals surface area contributed by atoms with E-state index in [4.69, 9.17) is 11.6 Å². The van der Waals surface area contributed by atoms with Crippen molar-refractivity contribution in [3.8, 4) is 0 Å². The Kier molecular flexibility index (Phi) is 4.94. The highest BCUT2D eigenvalue weighted by atomic mass is 35.5. The third-order valence-electron chi connectivity index (χ3n) is 3.74. The molecule has 1 heterocycles. The quantitative estimate of drug-likeness (QED) is 0.763. The highest BCUT2D eigenvalue weighted by Gasteiger charge is 2.25. The van der Waals surface area contributed by atoms with Crippen molar-refractivity contribution >= 4 is 22.5 Å². The molecule has 1 aromatic heterocycles. The van der Waals surface area contributed by atoms with Crippen molar-refractivity contribution in [1.82, 2.24) is 10.3 Å². The largest absolute Gasteiger partial charge is 0.394 e. The molecule has 2 rings (SSSR count). The summed E-state index contributed by atoms with van der Waals surface area (Å²) >= 11 is 6.16. The summed E-state index contributed by atoms with van der Waals surface area (Å²) in [6, 6.07) is 7.54. The molecule has 0 radical (unpaired) electrons. The lowest BCUT2D eigenvalue weighted by Gasteiger charge is -2.30. The zero-order chi connectivity index (χ0) is 14.6. The molecule has 3 N–H and O–H groups in total. The minimum absolute atomic E-state index is 0.112. The van der Waals surface area contributed by atoms with Gasteiger partial charge in [0.2, 0.25) is 0 Å². The molecule has 0 aliphatic heterocycles. The predicted octanol–water partition coefficient (Wildman–Crippen LogP) is 2.11. The van der Waals surface area contributed by atoms with Crippen LogP contribution >= 0.6 is 11.6 Å². The van der Waals surface area contributed by atoms with Crippen LogP contribution < -0.4 is 5.32 Å². The van der Waals surface area contributed by atoms with Crippen molar-refractivity contribution in [2.75, 3.05) is 13.2 Å². The number of benzene rings is 1. The molecule has 5 heteroatoms. The highest BCUT2D eigenvalue weighted by molar-refractivity contribution is 6.35. The Bertz CT molecular complexity index is 577. The molecule has 2 aromatic rings. The van der Waals surface area contributed by atoms with E-state index in [0.29, 0.717) is 18.0 Å². The number of nitrogens with zero attached hydrogens (tertiary/aromatic N) is 1. The fraction of sp³-hybridized carbons (Fsp3) is 0.400. The van der Waals surface area contributed by atoms with Gasteiger partial charge in [0.05, 0.1) is 24.3 Å². The van der Waals surface area contributed by atoms with Crippen molar-refractivity contribution in [3.05, 3.63) is 41.0 Å². The molecule has 0 spiro atoms. The monoisotopic (exact) mass is 294 g/mol. The summed E-state index contributed by atoms with van der Waals surface area (Å²) in [7, 11) is 0. The van der Waals surface area contributed by atoms with E-state index < -0.39 is 5.54 Å². The van der Waals surface area contributed by atoms with Gasteiger partial charge >= 0.3 is 0 Å². The van der Waals surface area contributed by atoms with Gasteiger partial charge in [-0.25, -0.2) is 0 Å². The average molecular weight is 295 g/mol. The molecule has 0 saturated heterocycles. The summed E-state index contributed by atoms with van der Waals surface area (Å²) < 4.78 is 0.